The fraction of sp³-hybridized carbons (Fsp3) is 0.296. The zero-order valence-electron chi connectivity index (χ0n) is 20.9. The number of carbonyl (C=O) groups excluding carboxylic acids is 1. The van der Waals surface area contributed by atoms with Crippen LogP contribution in [-0.2, 0) is 20.0 Å². The summed E-state index contributed by atoms with van der Waals surface area (Å²) in [5.74, 6) is -0.251. The number of anilines is 1. The fourth-order valence-electron chi connectivity index (χ4n) is 4.03. The highest BCUT2D eigenvalue weighted by Gasteiger charge is 2.32. The molecule has 5 nitrogen and oxygen atoms in total. The van der Waals surface area contributed by atoms with E-state index in [4.69, 9.17) is 16.3 Å². The molecule has 2 aromatic heterocycles. The van der Waals surface area contributed by atoms with E-state index in [1.165, 1.54) is 28.9 Å². The first-order valence-electron chi connectivity index (χ1n) is 11.2. The topological polar surface area (TPSA) is 72.5 Å². The van der Waals surface area contributed by atoms with Gasteiger partial charge in [-0.05, 0) is 78.2 Å². The molecule has 2 heterocycles. The van der Waals surface area contributed by atoms with Gasteiger partial charge in [0, 0.05) is 32.6 Å². The van der Waals surface area contributed by atoms with Crippen molar-refractivity contribution in [3.05, 3.63) is 80.5 Å². The van der Waals surface area contributed by atoms with Crippen LogP contribution < -0.4 is 10.1 Å². The van der Waals surface area contributed by atoms with Crippen molar-refractivity contribution in [3.8, 4) is 5.06 Å². The lowest BCUT2D eigenvalue weighted by Crippen LogP contribution is -2.27. The minimum atomic E-state index is -3.31. The molecule has 2 aromatic carbocycles. The van der Waals surface area contributed by atoms with Crippen LogP contribution in [0.15, 0.2) is 53.9 Å². The molecule has 0 fully saturated rings. The SMILES string of the molecule is COc1sccc1C(C)(C)c1cc(Cl)cc(NC(=O)c2cc3cc(C(C)(C)S(C)(=O)=O)ccc3s2)c1. The number of amides is 1. The molecule has 0 aliphatic rings. The standard InChI is InChI=1S/C27H28ClNO4S3/c1-26(2,21-9-10-34-25(21)33-5)18-13-19(28)15-20(14-18)29-24(30)23-12-16-11-17(7-8-22(16)35-23)27(3,4)36(6,31)32/h7-15H,1-6H3,(H,29,30). The number of fused-ring (bicyclic) bond motifs is 1. The molecule has 0 atom stereocenters. The highest BCUT2D eigenvalue weighted by Crippen LogP contribution is 2.42. The molecular formula is C27H28ClNO4S3. The van der Waals surface area contributed by atoms with Crippen LogP contribution in [0.5, 0.6) is 5.06 Å². The highest BCUT2D eigenvalue weighted by atomic mass is 35.5. The molecule has 0 saturated heterocycles. The minimum Gasteiger partial charge on any atom is -0.487 e. The number of carbonyl (C=O) groups is 1. The van der Waals surface area contributed by atoms with Crippen LogP contribution in [-0.4, -0.2) is 27.7 Å². The maximum Gasteiger partial charge on any atom is 0.265 e. The van der Waals surface area contributed by atoms with Gasteiger partial charge in [0.2, 0.25) is 0 Å². The summed E-state index contributed by atoms with van der Waals surface area (Å²) in [4.78, 5) is 13.7. The van der Waals surface area contributed by atoms with E-state index in [1.807, 2.05) is 41.8 Å². The van der Waals surface area contributed by atoms with Crippen molar-refractivity contribution in [2.75, 3.05) is 18.7 Å². The second-order valence-corrected chi connectivity index (χ2v) is 14.7. The third kappa shape index (κ3) is 4.92. The summed E-state index contributed by atoms with van der Waals surface area (Å²) in [6.07, 6.45) is 1.23. The first-order valence-corrected chi connectivity index (χ1v) is 15.2. The molecule has 36 heavy (non-hydrogen) atoms. The minimum absolute atomic E-state index is 0.251. The summed E-state index contributed by atoms with van der Waals surface area (Å²) in [7, 11) is -1.65. The van der Waals surface area contributed by atoms with Gasteiger partial charge in [0.15, 0.2) is 14.9 Å². The lowest BCUT2D eigenvalue weighted by molar-refractivity contribution is 0.103. The molecular weight excluding hydrogens is 534 g/mol. The average Bonchev–Trinajstić information content (AvgIpc) is 3.44. The van der Waals surface area contributed by atoms with Crippen molar-refractivity contribution < 1.29 is 17.9 Å². The number of hydrogen-bond donors (Lipinski definition) is 1. The third-order valence-corrected chi connectivity index (χ3v) is 11.0. The number of ether oxygens (including phenoxy) is 1. The van der Waals surface area contributed by atoms with E-state index in [-0.39, 0.29) is 5.91 Å². The van der Waals surface area contributed by atoms with Gasteiger partial charge >= 0.3 is 0 Å². The average molecular weight is 562 g/mol. The van der Waals surface area contributed by atoms with E-state index in [0.717, 1.165) is 26.3 Å². The number of sulfone groups is 1. The number of nitrogens with one attached hydrogen (secondary N) is 1. The van der Waals surface area contributed by atoms with Gasteiger partial charge in [-0.15, -0.1) is 22.7 Å². The lowest BCUT2D eigenvalue weighted by atomic mass is 9.79. The Hall–Kier alpha value is -2.39. The number of hydrogen-bond acceptors (Lipinski definition) is 6. The monoisotopic (exact) mass is 561 g/mol. The number of benzene rings is 2. The summed E-state index contributed by atoms with van der Waals surface area (Å²) < 4.78 is 29.9. The van der Waals surface area contributed by atoms with Crippen LogP contribution in [0.4, 0.5) is 5.69 Å². The zero-order valence-corrected chi connectivity index (χ0v) is 24.1. The molecule has 4 rings (SSSR count). The zero-order chi connectivity index (χ0) is 26.5. The largest absolute Gasteiger partial charge is 0.487 e. The van der Waals surface area contributed by atoms with Crippen LogP contribution in [0.1, 0.15) is 54.1 Å². The van der Waals surface area contributed by atoms with Crippen molar-refractivity contribution in [3.63, 3.8) is 0 Å². The van der Waals surface area contributed by atoms with Crippen molar-refractivity contribution in [2.24, 2.45) is 0 Å². The maximum atomic E-state index is 13.2. The second kappa shape index (κ2) is 9.49. The summed E-state index contributed by atoms with van der Waals surface area (Å²) in [6, 6.07) is 14.9. The van der Waals surface area contributed by atoms with Crippen molar-refractivity contribution in [1.82, 2.24) is 0 Å². The smallest absolute Gasteiger partial charge is 0.265 e. The van der Waals surface area contributed by atoms with E-state index in [9.17, 15) is 13.2 Å². The van der Waals surface area contributed by atoms with Gasteiger partial charge in [0.05, 0.1) is 16.7 Å². The van der Waals surface area contributed by atoms with Crippen LogP contribution in [0.2, 0.25) is 5.02 Å². The predicted molar refractivity (Wildman–Crippen MR) is 152 cm³/mol. The molecule has 190 valence electrons. The van der Waals surface area contributed by atoms with Crippen LogP contribution in [0.25, 0.3) is 10.1 Å². The molecule has 1 amide bonds. The Morgan fingerprint density at radius 2 is 1.72 bits per heavy atom. The Morgan fingerprint density at radius 3 is 2.39 bits per heavy atom. The van der Waals surface area contributed by atoms with Crippen molar-refractivity contribution in [2.45, 2.75) is 37.9 Å². The molecule has 0 spiro atoms. The van der Waals surface area contributed by atoms with Crippen LogP contribution in [0, 0.1) is 0 Å². The van der Waals surface area contributed by atoms with Gasteiger partial charge < -0.3 is 10.1 Å². The van der Waals surface area contributed by atoms with Crippen LogP contribution in [0.3, 0.4) is 0 Å². The molecule has 9 heteroatoms. The van der Waals surface area contributed by atoms with Gasteiger partial charge in [0.1, 0.15) is 0 Å². The highest BCUT2D eigenvalue weighted by molar-refractivity contribution is 7.91. The lowest BCUT2D eigenvalue weighted by Gasteiger charge is -2.26. The molecule has 0 aliphatic carbocycles. The van der Waals surface area contributed by atoms with Crippen LogP contribution >= 0.6 is 34.3 Å². The number of thiophene rings is 2. The summed E-state index contributed by atoms with van der Waals surface area (Å²) in [6.45, 7) is 7.56. The normalized spacial score (nSPS) is 12.6. The number of halogens is 1. The Kier molecular flexibility index (Phi) is 7.03. The predicted octanol–water partition coefficient (Wildman–Crippen LogP) is 7.48. The fourth-order valence-corrected chi connectivity index (χ4v) is 6.63. The maximum absolute atomic E-state index is 13.2. The van der Waals surface area contributed by atoms with Gasteiger partial charge in [-0.1, -0.05) is 31.5 Å². The van der Waals surface area contributed by atoms with E-state index in [2.05, 4.69) is 19.2 Å². The third-order valence-electron chi connectivity index (χ3n) is 6.73. The Bertz CT molecular complexity index is 1560. The Labute approximate surface area is 225 Å². The number of rotatable bonds is 7. The van der Waals surface area contributed by atoms with Gasteiger partial charge in [-0.3, -0.25) is 4.79 Å². The summed E-state index contributed by atoms with van der Waals surface area (Å²) in [5.41, 5.74) is 2.89. The van der Waals surface area contributed by atoms with E-state index < -0.39 is 20.0 Å². The Morgan fingerprint density at radius 1 is 1.00 bits per heavy atom. The molecule has 1 N–H and O–H groups in total. The first-order chi connectivity index (χ1) is 16.7. The molecule has 0 radical (unpaired) electrons. The Balaban J connectivity index is 1.64. The molecule has 0 aliphatic heterocycles. The van der Waals surface area contributed by atoms with E-state index in [0.29, 0.717) is 21.2 Å². The van der Waals surface area contributed by atoms with Gasteiger partial charge in [-0.25, -0.2) is 8.42 Å². The van der Waals surface area contributed by atoms with E-state index in [1.54, 1.807) is 33.1 Å². The van der Waals surface area contributed by atoms with E-state index >= 15 is 0 Å². The number of methoxy groups -OCH3 is 1. The second-order valence-electron chi connectivity index (χ2n) is 9.78. The summed E-state index contributed by atoms with van der Waals surface area (Å²) in [5, 5.41) is 7.17. The van der Waals surface area contributed by atoms with Crippen molar-refractivity contribution in [1.29, 1.82) is 0 Å². The molecule has 4 aromatic rings. The quantitative estimate of drug-likeness (QED) is 0.254. The summed E-state index contributed by atoms with van der Waals surface area (Å²) >= 11 is 9.35. The first kappa shape index (κ1) is 26.7. The molecule has 0 bridgehead atoms. The molecule has 0 unspecified atom stereocenters. The van der Waals surface area contributed by atoms with Crippen molar-refractivity contribution >= 4 is 65.8 Å². The van der Waals surface area contributed by atoms with Gasteiger partial charge in [0.25, 0.3) is 5.91 Å². The molecule has 0 saturated carbocycles. The van der Waals surface area contributed by atoms with Gasteiger partial charge in [-0.2, -0.15) is 0 Å².